The molecule has 2 heterocycles. The predicted octanol–water partition coefficient (Wildman–Crippen LogP) is 2.78. The number of anilines is 2. The van der Waals surface area contributed by atoms with Crippen LogP contribution >= 0.6 is 0 Å². The molecule has 28 heavy (non-hydrogen) atoms. The Morgan fingerprint density at radius 2 is 1.71 bits per heavy atom. The average Bonchev–Trinajstić information content (AvgIpc) is 2.67. The second-order valence-electron chi connectivity index (χ2n) is 7.31. The zero-order chi connectivity index (χ0) is 20.1. The molecule has 7 nitrogen and oxygen atoms in total. The van der Waals surface area contributed by atoms with Crippen LogP contribution in [-0.2, 0) is 10.0 Å². The third-order valence-corrected chi connectivity index (χ3v) is 6.47. The zero-order valence-electron chi connectivity index (χ0n) is 16.8. The van der Waals surface area contributed by atoms with E-state index in [9.17, 15) is 8.42 Å². The minimum atomic E-state index is -3.53. The molecule has 0 aliphatic carbocycles. The van der Waals surface area contributed by atoms with Gasteiger partial charge < -0.3 is 10.2 Å². The summed E-state index contributed by atoms with van der Waals surface area (Å²) in [6.07, 6.45) is 3.64. The quantitative estimate of drug-likeness (QED) is 0.691. The first-order chi connectivity index (χ1) is 13.3. The van der Waals surface area contributed by atoms with Crippen LogP contribution in [0.4, 0.5) is 11.8 Å². The molecular formula is C20H29N5O2S. The summed E-state index contributed by atoms with van der Waals surface area (Å²) >= 11 is 0. The van der Waals surface area contributed by atoms with Gasteiger partial charge in [-0.05, 0) is 63.3 Å². The molecule has 1 aliphatic heterocycles. The third kappa shape index (κ3) is 5.20. The lowest BCUT2D eigenvalue weighted by Crippen LogP contribution is -2.31. The largest absolute Gasteiger partial charge is 0.356 e. The van der Waals surface area contributed by atoms with E-state index in [0.717, 1.165) is 35.7 Å². The number of rotatable bonds is 7. The molecule has 8 heteroatoms. The topological polar surface area (TPSA) is 87.2 Å². The monoisotopic (exact) mass is 403 g/mol. The molecule has 1 aliphatic rings. The number of aryl methyl sites for hydroxylation is 3. The number of piperidine rings is 1. The average molecular weight is 404 g/mol. The number of nitrogens with one attached hydrogen (secondary N) is 2. The number of hydrogen-bond acceptors (Lipinski definition) is 6. The Kier molecular flexibility index (Phi) is 6.51. The molecular weight excluding hydrogens is 374 g/mol. The van der Waals surface area contributed by atoms with Crippen molar-refractivity contribution in [3.05, 3.63) is 41.1 Å². The van der Waals surface area contributed by atoms with Crippen LogP contribution in [0.5, 0.6) is 0 Å². The second-order valence-corrected chi connectivity index (χ2v) is 9.08. The lowest BCUT2D eigenvalue weighted by molar-refractivity contribution is 0.573. The van der Waals surface area contributed by atoms with Gasteiger partial charge in [-0.25, -0.2) is 18.1 Å². The number of nitrogens with zero attached hydrogens (tertiary/aromatic N) is 3. The molecule has 0 amide bonds. The summed E-state index contributed by atoms with van der Waals surface area (Å²) in [4.78, 5) is 11.6. The lowest BCUT2D eigenvalue weighted by Gasteiger charge is -2.28. The standard InChI is InChI=1S/C20H29N5O2S/c1-15-7-8-18(13-16(15)2)28(26,27)22-10-9-21-20-23-17(3)14-19(24-20)25-11-5-4-6-12-25/h7-8,13-14,22H,4-6,9-12H2,1-3H3,(H,21,23,24). The van der Waals surface area contributed by atoms with Crippen molar-refractivity contribution in [3.8, 4) is 0 Å². The zero-order valence-corrected chi connectivity index (χ0v) is 17.6. The first-order valence-corrected chi connectivity index (χ1v) is 11.2. The van der Waals surface area contributed by atoms with Gasteiger partial charge in [0.25, 0.3) is 0 Å². The normalized spacial score (nSPS) is 14.9. The van der Waals surface area contributed by atoms with Crippen molar-refractivity contribution in [1.29, 1.82) is 0 Å². The Labute approximate surface area is 167 Å². The number of sulfonamides is 1. The van der Waals surface area contributed by atoms with E-state index in [1.807, 2.05) is 32.9 Å². The fourth-order valence-corrected chi connectivity index (χ4v) is 4.36. The molecule has 3 rings (SSSR count). The molecule has 1 aromatic heterocycles. The Bertz CT molecular complexity index is 924. The number of benzene rings is 1. The van der Waals surface area contributed by atoms with Gasteiger partial charge in [-0.3, -0.25) is 0 Å². The number of aromatic nitrogens is 2. The highest BCUT2D eigenvalue weighted by Crippen LogP contribution is 2.19. The van der Waals surface area contributed by atoms with Crippen LogP contribution in [0, 0.1) is 20.8 Å². The van der Waals surface area contributed by atoms with E-state index in [2.05, 4.69) is 24.9 Å². The van der Waals surface area contributed by atoms with Gasteiger partial charge in [-0.1, -0.05) is 6.07 Å². The molecule has 0 saturated carbocycles. The molecule has 0 atom stereocenters. The molecule has 0 unspecified atom stereocenters. The summed E-state index contributed by atoms with van der Waals surface area (Å²) in [6.45, 7) is 8.52. The van der Waals surface area contributed by atoms with Gasteiger partial charge >= 0.3 is 0 Å². The van der Waals surface area contributed by atoms with Crippen LogP contribution in [0.3, 0.4) is 0 Å². The van der Waals surface area contributed by atoms with Gasteiger partial charge in [0.2, 0.25) is 16.0 Å². The van der Waals surface area contributed by atoms with Crippen molar-refractivity contribution < 1.29 is 8.42 Å². The molecule has 2 aromatic rings. The Morgan fingerprint density at radius 1 is 0.964 bits per heavy atom. The van der Waals surface area contributed by atoms with Gasteiger partial charge in [0.1, 0.15) is 5.82 Å². The van der Waals surface area contributed by atoms with E-state index in [-0.39, 0.29) is 11.4 Å². The summed E-state index contributed by atoms with van der Waals surface area (Å²) in [5.41, 5.74) is 2.93. The maximum atomic E-state index is 12.4. The summed E-state index contributed by atoms with van der Waals surface area (Å²) in [7, 11) is -3.53. The van der Waals surface area contributed by atoms with E-state index in [0.29, 0.717) is 12.5 Å². The van der Waals surface area contributed by atoms with Crippen LogP contribution in [-0.4, -0.2) is 44.6 Å². The second kappa shape index (κ2) is 8.87. The van der Waals surface area contributed by atoms with Crippen molar-refractivity contribution in [2.45, 2.75) is 44.9 Å². The van der Waals surface area contributed by atoms with Crippen LogP contribution in [0.25, 0.3) is 0 Å². The summed E-state index contributed by atoms with van der Waals surface area (Å²) in [5, 5.41) is 3.13. The highest BCUT2D eigenvalue weighted by molar-refractivity contribution is 7.89. The molecule has 0 spiro atoms. The van der Waals surface area contributed by atoms with Crippen LogP contribution in [0.1, 0.15) is 36.1 Å². The minimum absolute atomic E-state index is 0.256. The van der Waals surface area contributed by atoms with Crippen LogP contribution in [0.2, 0.25) is 0 Å². The van der Waals surface area contributed by atoms with E-state index in [4.69, 9.17) is 0 Å². The Balaban J connectivity index is 1.57. The van der Waals surface area contributed by atoms with Gasteiger partial charge in [0, 0.05) is 37.9 Å². The summed E-state index contributed by atoms with van der Waals surface area (Å²) in [5.74, 6) is 1.47. The third-order valence-electron chi connectivity index (χ3n) is 5.01. The van der Waals surface area contributed by atoms with Gasteiger partial charge in [-0.15, -0.1) is 0 Å². The fraction of sp³-hybridized carbons (Fsp3) is 0.500. The fourth-order valence-electron chi connectivity index (χ4n) is 3.24. The van der Waals surface area contributed by atoms with Gasteiger partial charge in [-0.2, -0.15) is 4.98 Å². The SMILES string of the molecule is Cc1cc(N2CCCCC2)nc(NCCNS(=O)(=O)c2ccc(C)c(C)c2)n1. The molecule has 1 fully saturated rings. The van der Waals surface area contributed by atoms with E-state index < -0.39 is 10.0 Å². The maximum absolute atomic E-state index is 12.4. The van der Waals surface area contributed by atoms with Crippen molar-refractivity contribution in [3.63, 3.8) is 0 Å². The lowest BCUT2D eigenvalue weighted by atomic mass is 10.1. The first-order valence-electron chi connectivity index (χ1n) is 9.76. The highest BCUT2D eigenvalue weighted by Gasteiger charge is 2.15. The minimum Gasteiger partial charge on any atom is -0.356 e. The molecule has 0 radical (unpaired) electrons. The van der Waals surface area contributed by atoms with E-state index >= 15 is 0 Å². The smallest absolute Gasteiger partial charge is 0.240 e. The molecule has 0 bridgehead atoms. The van der Waals surface area contributed by atoms with Crippen LogP contribution in [0.15, 0.2) is 29.2 Å². The number of hydrogen-bond donors (Lipinski definition) is 2. The van der Waals surface area contributed by atoms with Crippen molar-refractivity contribution in [2.24, 2.45) is 0 Å². The first kappa shape index (κ1) is 20.5. The Hall–Kier alpha value is -2.19. The maximum Gasteiger partial charge on any atom is 0.240 e. The Morgan fingerprint density at radius 3 is 2.43 bits per heavy atom. The van der Waals surface area contributed by atoms with Gasteiger partial charge in [0.15, 0.2) is 0 Å². The molecule has 2 N–H and O–H groups in total. The molecule has 1 saturated heterocycles. The predicted molar refractivity (Wildman–Crippen MR) is 112 cm³/mol. The highest BCUT2D eigenvalue weighted by atomic mass is 32.2. The van der Waals surface area contributed by atoms with E-state index in [1.165, 1.54) is 19.3 Å². The molecule has 1 aromatic carbocycles. The van der Waals surface area contributed by atoms with Crippen LogP contribution < -0.4 is 14.9 Å². The molecule has 152 valence electrons. The van der Waals surface area contributed by atoms with Crippen molar-refractivity contribution >= 4 is 21.8 Å². The summed E-state index contributed by atoms with van der Waals surface area (Å²) < 4.78 is 27.5. The van der Waals surface area contributed by atoms with Crippen molar-refractivity contribution in [1.82, 2.24) is 14.7 Å². The summed E-state index contributed by atoms with van der Waals surface area (Å²) in [6, 6.07) is 7.15. The van der Waals surface area contributed by atoms with Crippen molar-refractivity contribution in [2.75, 3.05) is 36.4 Å². The van der Waals surface area contributed by atoms with Gasteiger partial charge in [0.05, 0.1) is 4.90 Å². The van der Waals surface area contributed by atoms with E-state index in [1.54, 1.807) is 12.1 Å².